The number of benzene rings is 2. The van der Waals surface area contributed by atoms with E-state index in [9.17, 15) is 10.1 Å². The highest BCUT2D eigenvalue weighted by Gasteiger charge is 2.12. The quantitative estimate of drug-likeness (QED) is 0.349. The van der Waals surface area contributed by atoms with E-state index in [2.05, 4.69) is 15.6 Å². The molecule has 132 valence electrons. The highest BCUT2D eigenvalue weighted by Crippen LogP contribution is 2.17. The molecule has 0 heterocycles. The SMILES string of the molecule is CCNC(=NCc1ccc(OC)cc1)NCc1ccccc1[N+](=O)[O-]. The van der Waals surface area contributed by atoms with Crippen LogP contribution in [-0.2, 0) is 13.1 Å². The summed E-state index contributed by atoms with van der Waals surface area (Å²) in [6, 6.07) is 14.4. The number of guanidine groups is 1. The number of nitro groups is 1. The molecular weight excluding hydrogens is 320 g/mol. The first-order valence-corrected chi connectivity index (χ1v) is 8.01. The van der Waals surface area contributed by atoms with Crippen molar-refractivity contribution in [2.24, 2.45) is 4.99 Å². The number of ether oxygens (including phenoxy) is 1. The molecule has 2 aromatic carbocycles. The fourth-order valence-corrected chi connectivity index (χ4v) is 2.26. The van der Waals surface area contributed by atoms with Crippen molar-refractivity contribution in [2.75, 3.05) is 13.7 Å². The van der Waals surface area contributed by atoms with Gasteiger partial charge in [-0.2, -0.15) is 0 Å². The van der Waals surface area contributed by atoms with E-state index in [1.54, 1.807) is 25.3 Å². The number of nitrogens with one attached hydrogen (secondary N) is 2. The van der Waals surface area contributed by atoms with Crippen LogP contribution in [0.1, 0.15) is 18.1 Å². The fourth-order valence-electron chi connectivity index (χ4n) is 2.26. The summed E-state index contributed by atoms with van der Waals surface area (Å²) < 4.78 is 5.14. The van der Waals surface area contributed by atoms with E-state index in [-0.39, 0.29) is 10.6 Å². The van der Waals surface area contributed by atoms with Crippen LogP contribution in [0, 0.1) is 10.1 Å². The van der Waals surface area contributed by atoms with Gasteiger partial charge in [-0.15, -0.1) is 0 Å². The maximum absolute atomic E-state index is 11.1. The van der Waals surface area contributed by atoms with Gasteiger partial charge < -0.3 is 15.4 Å². The minimum Gasteiger partial charge on any atom is -0.497 e. The van der Waals surface area contributed by atoms with Gasteiger partial charge in [-0.25, -0.2) is 4.99 Å². The Bertz CT molecular complexity index is 729. The molecule has 0 amide bonds. The molecule has 2 rings (SSSR count). The predicted octanol–water partition coefficient (Wildman–Crippen LogP) is 2.86. The smallest absolute Gasteiger partial charge is 0.274 e. The molecule has 0 radical (unpaired) electrons. The van der Waals surface area contributed by atoms with Crippen LogP contribution in [0.2, 0.25) is 0 Å². The summed E-state index contributed by atoms with van der Waals surface area (Å²) in [5.41, 5.74) is 1.76. The third-order valence-electron chi connectivity index (χ3n) is 3.56. The van der Waals surface area contributed by atoms with Crippen LogP contribution in [0.15, 0.2) is 53.5 Å². The average Bonchev–Trinajstić information content (AvgIpc) is 2.64. The van der Waals surface area contributed by atoms with Crippen LogP contribution in [-0.4, -0.2) is 24.5 Å². The molecule has 25 heavy (non-hydrogen) atoms. The highest BCUT2D eigenvalue weighted by molar-refractivity contribution is 5.79. The van der Waals surface area contributed by atoms with Crippen molar-refractivity contribution in [1.82, 2.24) is 10.6 Å². The van der Waals surface area contributed by atoms with Gasteiger partial charge in [-0.3, -0.25) is 10.1 Å². The van der Waals surface area contributed by atoms with E-state index in [4.69, 9.17) is 4.74 Å². The summed E-state index contributed by atoms with van der Waals surface area (Å²) in [4.78, 5) is 15.2. The monoisotopic (exact) mass is 342 g/mol. The van der Waals surface area contributed by atoms with E-state index < -0.39 is 0 Å². The largest absolute Gasteiger partial charge is 0.497 e. The molecule has 2 aromatic rings. The maximum Gasteiger partial charge on any atom is 0.274 e. The van der Waals surface area contributed by atoms with E-state index in [0.29, 0.717) is 31.2 Å². The lowest BCUT2D eigenvalue weighted by atomic mass is 10.2. The van der Waals surface area contributed by atoms with Gasteiger partial charge in [0.25, 0.3) is 5.69 Å². The second-order valence-corrected chi connectivity index (χ2v) is 5.28. The third-order valence-corrected chi connectivity index (χ3v) is 3.56. The van der Waals surface area contributed by atoms with Crippen molar-refractivity contribution < 1.29 is 9.66 Å². The van der Waals surface area contributed by atoms with Gasteiger partial charge in [0.2, 0.25) is 0 Å². The molecule has 0 atom stereocenters. The Morgan fingerprint density at radius 3 is 2.52 bits per heavy atom. The number of methoxy groups -OCH3 is 1. The third kappa shape index (κ3) is 5.49. The minimum atomic E-state index is -0.377. The molecule has 0 saturated carbocycles. The van der Waals surface area contributed by atoms with E-state index in [0.717, 1.165) is 11.3 Å². The van der Waals surface area contributed by atoms with E-state index in [1.807, 2.05) is 31.2 Å². The number of nitrogens with zero attached hydrogens (tertiary/aromatic N) is 2. The van der Waals surface area contributed by atoms with Crippen LogP contribution in [0.25, 0.3) is 0 Å². The van der Waals surface area contributed by atoms with Crippen LogP contribution < -0.4 is 15.4 Å². The van der Waals surface area contributed by atoms with Crippen LogP contribution in [0.5, 0.6) is 5.75 Å². The molecule has 0 unspecified atom stereocenters. The van der Waals surface area contributed by atoms with Crippen molar-refractivity contribution in [1.29, 1.82) is 0 Å². The van der Waals surface area contributed by atoms with Gasteiger partial charge in [-0.1, -0.05) is 30.3 Å². The molecule has 0 bridgehead atoms. The lowest BCUT2D eigenvalue weighted by molar-refractivity contribution is -0.385. The van der Waals surface area contributed by atoms with Crippen molar-refractivity contribution in [2.45, 2.75) is 20.0 Å². The second kappa shape index (κ2) is 9.27. The fraction of sp³-hybridized carbons (Fsp3) is 0.278. The van der Waals surface area contributed by atoms with Gasteiger partial charge in [0.15, 0.2) is 5.96 Å². The lowest BCUT2D eigenvalue weighted by Gasteiger charge is -2.11. The van der Waals surface area contributed by atoms with Gasteiger partial charge in [0.1, 0.15) is 5.75 Å². The molecule has 0 aliphatic rings. The summed E-state index contributed by atoms with van der Waals surface area (Å²) in [6.07, 6.45) is 0. The number of hydrogen-bond donors (Lipinski definition) is 2. The lowest BCUT2D eigenvalue weighted by Crippen LogP contribution is -2.36. The van der Waals surface area contributed by atoms with E-state index in [1.165, 1.54) is 6.07 Å². The Kier molecular flexibility index (Phi) is 6.76. The zero-order valence-electron chi connectivity index (χ0n) is 14.4. The van der Waals surface area contributed by atoms with Crippen LogP contribution in [0.3, 0.4) is 0 Å². The van der Waals surface area contributed by atoms with Crippen LogP contribution in [0.4, 0.5) is 5.69 Å². The van der Waals surface area contributed by atoms with Gasteiger partial charge >= 0.3 is 0 Å². The Morgan fingerprint density at radius 1 is 1.16 bits per heavy atom. The number of para-hydroxylation sites is 1. The molecule has 0 saturated heterocycles. The predicted molar refractivity (Wildman–Crippen MR) is 97.7 cm³/mol. The van der Waals surface area contributed by atoms with Crippen LogP contribution >= 0.6 is 0 Å². The standard InChI is InChI=1S/C18H22N4O3/c1-3-19-18(20-12-14-8-10-16(25-2)11-9-14)21-13-15-6-4-5-7-17(15)22(23)24/h4-11H,3,12-13H2,1-2H3,(H2,19,20,21). The van der Waals surface area contributed by atoms with E-state index >= 15 is 0 Å². The maximum atomic E-state index is 11.1. The zero-order chi connectivity index (χ0) is 18.1. The normalized spacial score (nSPS) is 11.0. The summed E-state index contributed by atoms with van der Waals surface area (Å²) >= 11 is 0. The Hall–Kier alpha value is -3.09. The Balaban J connectivity index is 2.03. The van der Waals surface area contributed by atoms with Crippen molar-refractivity contribution >= 4 is 11.6 Å². The number of hydrogen-bond acceptors (Lipinski definition) is 4. The summed E-state index contributed by atoms with van der Waals surface area (Å²) in [6.45, 7) is 3.49. The number of aliphatic imine (C=N–C) groups is 1. The number of rotatable bonds is 7. The summed E-state index contributed by atoms with van der Waals surface area (Å²) in [5.74, 6) is 1.41. The first-order valence-electron chi connectivity index (χ1n) is 8.01. The molecular formula is C18H22N4O3. The first kappa shape index (κ1) is 18.3. The molecule has 7 heteroatoms. The first-order chi connectivity index (χ1) is 12.1. The average molecular weight is 342 g/mol. The Labute approximate surface area is 146 Å². The molecule has 7 nitrogen and oxygen atoms in total. The molecule has 0 aliphatic carbocycles. The zero-order valence-corrected chi connectivity index (χ0v) is 14.4. The van der Waals surface area contributed by atoms with Gasteiger partial charge in [0, 0.05) is 24.7 Å². The molecule has 0 aliphatic heterocycles. The highest BCUT2D eigenvalue weighted by atomic mass is 16.6. The second-order valence-electron chi connectivity index (χ2n) is 5.28. The molecule has 0 spiro atoms. The van der Waals surface area contributed by atoms with Gasteiger partial charge in [-0.05, 0) is 24.6 Å². The van der Waals surface area contributed by atoms with Crippen molar-refractivity contribution in [3.63, 3.8) is 0 Å². The molecule has 0 aromatic heterocycles. The molecule has 2 N–H and O–H groups in total. The van der Waals surface area contributed by atoms with Gasteiger partial charge in [0.05, 0.1) is 18.6 Å². The Morgan fingerprint density at radius 2 is 1.88 bits per heavy atom. The number of nitro benzene ring substituents is 1. The molecule has 0 fully saturated rings. The topological polar surface area (TPSA) is 88.8 Å². The van der Waals surface area contributed by atoms with Crippen molar-refractivity contribution in [3.05, 3.63) is 69.8 Å². The summed E-state index contributed by atoms with van der Waals surface area (Å²) in [5, 5.41) is 17.4. The van der Waals surface area contributed by atoms with Crippen molar-refractivity contribution in [3.8, 4) is 5.75 Å². The summed E-state index contributed by atoms with van der Waals surface area (Å²) in [7, 11) is 1.63. The minimum absolute atomic E-state index is 0.0982.